The molecule has 0 aromatic rings. The van der Waals surface area contributed by atoms with E-state index >= 15 is 0 Å². The van der Waals surface area contributed by atoms with Gasteiger partial charge in [-0.05, 0) is 19.3 Å². The molecule has 74 valence electrons. The zero-order valence-electron chi connectivity index (χ0n) is 7.54. The number of rotatable bonds is 1. The number of alkyl halides is 1. The van der Waals surface area contributed by atoms with Crippen LogP contribution in [0.3, 0.4) is 0 Å². The zero-order chi connectivity index (χ0) is 9.26. The lowest BCUT2D eigenvalue weighted by Crippen LogP contribution is -2.42. The molecule has 2 aliphatic rings. The lowest BCUT2D eigenvalue weighted by molar-refractivity contribution is -0.131. The van der Waals surface area contributed by atoms with Crippen LogP contribution in [0.25, 0.3) is 0 Å². The summed E-state index contributed by atoms with van der Waals surface area (Å²) in [5, 5.41) is 0. The van der Waals surface area contributed by atoms with Crippen LogP contribution < -0.4 is 0 Å². The number of carbonyl (C=O) groups is 1. The summed E-state index contributed by atoms with van der Waals surface area (Å²) >= 11 is 3.38. The standard InChI is InChI=1S/C9H14BrNO2/c10-8-3-4-11(9(8)12)7-2-1-5-13-6-7/h7-8H,1-6H2. The van der Waals surface area contributed by atoms with Gasteiger partial charge in [-0.25, -0.2) is 0 Å². The highest BCUT2D eigenvalue weighted by Gasteiger charge is 2.34. The molecule has 1 amide bonds. The van der Waals surface area contributed by atoms with Gasteiger partial charge in [-0.15, -0.1) is 0 Å². The summed E-state index contributed by atoms with van der Waals surface area (Å²) in [5.41, 5.74) is 0. The minimum Gasteiger partial charge on any atom is -0.379 e. The molecule has 2 fully saturated rings. The normalized spacial score (nSPS) is 35.5. The van der Waals surface area contributed by atoms with E-state index in [0.29, 0.717) is 6.04 Å². The van der Waals surface area contributed by atoms with E-state index in [-0.39, 0.29) is 10.7 Å². The van der Waals surface area contributed by atoms with Gasteiger partial charge >= 0.3 is 0 Å². The van der Waals surface area contributed by atoms with Crippen LogP contribution in [0.2, 0.25) is 0 Å². The third kappa shape index (κ3) is 1.89. The van der Waals surface area contributed by atoms with Crippen molar-refractivity contribution in [3.05, 3.63) is 0 Å². The molecule has 0 saturated carbocycles. The van der Waals surface area contributed by atoms with Gasteiger partial charge in [0.2, 0.25) is 5.91 Å². The van der Waals surface area contributed by atoms with Crippen molar-refractivity contribution in [3.8, 4) is 0 Å². The molecule has 2 atom stereocenters. The quantitative estimate of drug-likeness (QED) is 0.652. The van der Waals surface area contributed by atoms with E-state index < -0.39 is 0 Å². The minimum absolute atomic E-state index is 0.0504. The Morgan fingerprint density at radius 2 is 2.31 bits per heavy atom. The second-order valence-corrected chi connectivity index (χ2v) is 4.76. The third-order valence-corrected chi connectivity index (χ3v) is 3.60. The zero-order valence-corrected chi connectivity index (χ0v) is 9.13. The molecule has 4 heteroatoms. The smallest absolute Gasteiger partial charge is 0.236 e. The first-order valence-corrected chi connectivity index (χ1v) is 5.73. The van der Waals surface area contributed by atoms with E-state index in [4.69, 9.17) is 4.74 Å². The van der Waals surface area contributed by atoms with E-state index in [1.165, 1.54) is 0 Å². The highest BCUT2D eigenvalue weighted by Crippen LogP contribution is 2.24. The molecule has 13 heavy (non-hydrogen) atoms. The Morgan fingerprint density at radius 3 is 2.85 bits per heavy atom. The van der Waals surface area contributed by atoms with Gasteiger partial charge in [-0.2, -0.15) is 0 Å². The fourth-order valence-corrected chi connectivity index (χ4v) is 2.47. The van der Waals surface area contributed by atoms with Gasteiger partial charge in [0.05, 0.1) is 17.5 Å². The molecule has 0 aromatic heterocycles. The van der Waals surface area contributed by atoms with Crippen LogP contribution in [-0.2, 0) is 9.53 Å². The first kappa shape index (κ1) is 9.46. The fraction of sp³-hybridized carbons (Fsp3) is 0.889. The topological polar surface area (TPSA) is 29.5 Å². The fourth-order valence-electron chi connectivity index (χ4n) is 2.00. The Hall–Kier alpha value is -0.0900. The number of ether oxygens (including phenoxy) is 1. The average Bonchev–Trinajstić information content (AvgIpc) is 2.49. The maximum absolute atomic E-state index is 11.6. The number of likely N-dealkylation sites (tertiary alicyclic amines) is 1. The number of halogens is 1. The van der Waals surface area contributed by atoms with Crippen molar-refractivity contribution < 1.29 is 9.53 Å². The van der Waals surface area contributed by atoms with Crippen LogP contribution in [0.4, 0.5) is 0 Å². The number of hydrogen-bond acceptors (Lipinski definition) is 2. The molecule has 0 bridgehead atoms. The number of hydrogen-bond donors (Lipinski definition) is 0. The lowest BCUT2D eigenvalue weighted by atomic mass is 10.1. The minimum atomic E-state index is 0.0504. The molecule has 3 nitrogen and oxygen atoms in total. The molecule has 0 N–H and O–H groups in total. The van der Waals surface area contributed by atoms with Crippen molar-refractivity contribution in [2.45, 2.75) is 30.1 Å². The van der Waals surface area contributed by atoms with Gasteiger partial charge < -0.3 is 9.64 Å². The predicted octanol–water partition coefficient (Wildman–Crippen LogP) is 1.16. The van der Waals surface area contributed by atoms with Gasteiger partial charge in [0, 0.05) is 13.2 Å². The molecule has 2 rings (SSSR count). The summed E-state index contributed by atoms with van der Waals surface area (Å²) < 4.78 is 5.37. The van der Waals surface area contributed by atoms with E-state index in [0.717, 1.165) is 39.0 Å². The van der Waals surface area contributed by atoms with E-state index in [1.54, 1.807) is 0 Å². The molecule has 0 aliphatic carbocycles. The first-order valence-electron chi connectivity index (χ1n) is 4.81. The van der Waals surface area contributed by atoms with Gasteiger partial charge in [0.1, 0.15) is 0 Å². The molecule has 2 saturated heterocycles. The van der Waals surface area contributed by atoms with Gasteiger partial charge in [-0.3, -0.25) is 4.79 Å². The molecule has 0 radical (unpaired) electrons. The second-order valence-electron chi connectivity index (χ2n) is 3.66. The van der Waals surface area contributed by atoms with Crippen molar-refractivity contribution in [2.24, 2.45) is 0 Å². The Bertz CT molecular complexity index is 204. The van der Waals surface area contributed by atoms with Crippen molar-refractivity contribution >= 4 is 21.8 Å². The summed E-state index contributed by atoms with van der Waals surface area (Å²) in [5.74, 6) is 0.246. The van der Waals surface area contributed by atoms with Gasteiger partial charge in [0.25, 0.3) is 0 Å². The summed E-state index contributed by atoms with van der Waals surface area (Å²) in [6.45, 7) is 2.48. The summed E-state index contributed by atoms with van der Waals surface area (Å²) in [4.78, 5) is 13.6. The maximum Gasteiger partial charge on any atom is 0.236 e. The number of carbonyl (C=O) groups excluding carboxylic acids is 1. The van der Waals surface area contributed by atoms with E-state index in [1.807, 2.05) is 4.90 Å². The molecular weight excluding hydrogens is 234 g/mol. The van der Waals surface area contributed by atoms with Crippen LogP contribution in [0.1, 0.15) is 19.3 Å². The lowest BCUT2D eigenvalue weighted by Gasteiger charge is -2.30. The molecule has 2 unspecified atom stereocenters. The summed E-state index contributed by atoms with van der Waals surface area (Å²) in [6.07, 6.45) is 3.13. The molecule has 2 aliphatic heterocycles. The monoisotopic (exact) mass is 247 g/mol. The van der Waals surface area contributed by atoms with Crippen molar-refractivity contribution in [2.75, 3.05) is 19.8 Å². The van der Waals surface area contributed by atoms with Gasteiger partial charge in [0.15, 0.2) is 0 Å². The second kappa shape index (κ2) is 3.96. The Kier molecular flexibility index (Phi) is 2.89. The highest BCUT2D eigenvalue weighted by molar-refractivity contribution is 9.10. The van der Waals surface area contributed by atoms with Crippen LogP contribution in [-0.4, -0.2) is 41.4 Å². The third-order valence-electron chi connectivity index (χ3n) is 2.75. The van der Waals surface area contributed by atoms with Gasteiger partial charge in [-0.1, -0.05) is 15.9 Å². The summed E-state index contributed by atoms with van der Waals surface area (Å²) in [7, 11) is 0. The Balaban J connectivity index is 1.96. The number of amides is 1. The van der Waals surface area contributed by atoms with E-state index in [9.17, 15) is 4.79 Å². The Morgan fingerprint density at radius 1 is 1.46 bits per heavy atom. The van der Waals surface area contributed by atoms with Crippen molar-refractivity contribution in [1.82, 2.24) is 4.90 Å². The molecular formula is C9H14BrNO2. The maximum atomic E-state index is 11.6. The summed E-state index contributed by atoms with van der Waals surface area (Å²) in [6, 6.07) is 0.337. The molecule has 0 aromatic carbocycles. The van der Waals surface area contributed by atoms with Crippen LogP contribution in [0.5, 0.6) is 0 Å². The first-order chi connectivity index (χ1) is 6.29. The molecule has 0 spiro atoms. The van der Waals surface area contributed by atoms with Crippen LogP contribution in [0.15, 0.2) is 0 Å². The average molecular weight is 248 g/mol. The van der Waals surface area contributed by atoms with Crippen LogP contribution >= 0.6 is 15.9 Å². The Labute approximate surface area is 86.5 Å². The largest absolute Gasteiger partial charge is 0.379 e. The SMILES string of the molecule is O=C1C(Br)CCN1C1CCCOC1. The van der Waals surface area contributed by atoms with Crippen molar-refractivity contribution in [3.63, 3.8) is 0 Å². The predicted molar refractivity (Wildman–Crippen MR) is 52.9 cm³/mol. The highest BCUT2D eigenvalue weighted by atomic mass is 79.9. The van der Waals surface area contributed by atoms with Crippen LogP contribution in [0, 0.1) is 0 Å². The number of nitrogens with zero attached hydrogens (tertiary/aromatic N) is 1. The van der Waals surface area contributed by atoms with Crippen molar-refractivity contribution in [1.29, 1.82) is 0 Å². The van der Waals surface area contributed by atoms with E-state index in [2.05, 4.69) is 15.9 Å². The molecule has 2 heterocycles.